The SMILES string of the molecule is CCCC(=O)C(Cc1ccccc1)C(C)=O. The summed E-state index contributed by atoms with van der Waals surface area (Å²) in [6.45, 7) is 3.46. The molecule has 86 valence electrons. The minimum atomic E-state index is -0.456. The van der Waals surface area contributed by atoms with Crippen LogP contribution < -0.4 is 0 Å². The molecule has 0 aliphatic heterocycles. The van der Waals surface area contributed by atoms with Gasteiger partial charge < -0.3 is 0 Å². The highest BCUT2D eigenvalue weighted by atomic mass is 16.1. The van der Waals surface area contributed by atoms with Crippen LogP contribution in [0.25, 0.3) is 0 Å². The average Bonchev–Trinajstić information content (AvgIpc) is 2.27. The van der Waals surface area contributed by atoms with Crippen LogP contribution in [0.5, 0.6) is 0 Å². The second kappa shape index (κ2) is 6.21. The Labute approximate surface area is 96.7 Å². The molecular weight excluding hydrogens is 200 g/mol. The van der Waals surface area contributed by atoms with Gasteiger partial charge in [-0.15, -0.1) is 0 Å². The van der Waals surface area contributed by atoms with Crippen LogP contribution in [0.1, 0.15) is 32.3 Å². The van der Waals surface area contributed by atoms with Crippen LogP contribution in [0.15, 0.2) is 30.3 Å². The molecule has 1 unspecified atom stereocenters. The second-order valence-electron chi connectivity index (χ2n) is 4.07. The number of ketones is 2. The summed E-state index contributed by atoms with van der Waals surface area (Å²) < 4.78 is 0. The fourth-order valence-corrected chi connectivity index (χ4v) is 1.75. The molecule has 2 heteroatoms. The van der Waals surface area contributed by atoms with E-state index in [1.807, 2.05) is 37.3 Å². The third-order valence-electron chi connectivity index (χ3n) is 2.66. The maximum absolute atomic E-state index is 11.8. The fraction of sp³-hybridized carbons (Fsp3) is 0.429. The van der Waals surface area contributed by atoms with Crippen molar-refractivity contribution in [2.45, 2.75) is 33.1 Å². The summed E-state index contributed by atoms with van der Waals surface area (Å²) in [4.78, 5) is 23.2. The van der Waals surface area contributed by atoms with Gasteiger partial charge in [0.15, 0.2) is 0 Å². The number of benzene rings is 1. The van der Waals surface area contributed by atoms with Gasteiger partial charge in [0.1, 0.15) is 11.6 Å². The van der Waals surface area contributed by atoms with Gasteiger partial charge in [-0.25, -0.2) is 0 Å². The molecule has 1 aromatic carbocycles. The quantitative estimate of drug-likeness (QED) is 0.688. The van der Waals surface area contributed by atoms with Crippen LogP contribution in [0.2, 0.25) is 0 Å². The monoisotopic (exact) mass is 218 g/mol. The van der Waals surface area contributed by atoms with Gasteiger partial charge in [-0.1, -0.05) is 37.3 Å². The number of hydrogen-bond donors (Lipinski definition) is 0. The van der Waals surface area contributed by atoms with E-state index in [4.69, 9.17) is 0 Å². The van der Waals surface area contributed by atoms with E-state index in [9.17, 15) is 9.59 Å². The van der Waals surface area contributed by atoms with Gasteiger partial charge in [-0.3, -0.25) is 9.59 Å². The molecule has 1 aromatic rings. The molecule has 0 saturated carbocycles. The standard InChI is InChI=1S/C14H18O2/c1-3-7-14(16)13(11(2)15)10-12-8-5-4-6-9-12/h4-6,8-9,13H,3,7,10H2,1-2H3. The van der Waals surface area contributed by atoms with Crippen molar-refractivity contribution in [3.05, 3.63) is 35.9 Å². The Morgan fingerprint density at radius 1 is 1.19 bits per heavy atom. The fourth-order valence-electron chi connectivity index (χ4n) is 1.75. The van der Waals surface area contributed by atoms with Crippen LogP contribution in [-0.2, 0) is 16.0 Å². The molecule has 0 aliphatic carbocycles. The van der Waals surface area contributed by atoms with Crippen LogP contribution in [0, 0.1) is 5.92 Å². The zero-order valence-corrected chi connectivity index (χ0v) is 9.90. The predicted molar refractivity (Wildman–Crippen MR) is 64.2 cm³/mol. The molecule has 0 spiro atoms. The van der Waals surface area contributed by atoms with E-state index in [2.05, 4.69) is 0 Å². The lowest BCUT2D eigenvalue weighted by atomic mass is 9.90. The van der Waals surface area contributed by atoms with Crippen molar-refractivity contribution in [2.24, 2.45) is 5.92 Å². The van der Waals surface area contributed by atoms with E-state index >= 15 is 0 Å². The topological polar surface area (TPSA) is 34.1 Å². The van der Waals surface area contributed by atoms with Crippen LogP contribution in [0.4, 0.5) is 0 Å². The molecular formula is C14H18O2. The first-order valence-electron chi connectivity index (χ1n) is 5.72. The summed E-state index contributed by atoms with van der Waals surface area (Å²) in [5.41, 5.74) is 1.05. The molecule has 0 radical (unpaired) electrons. The van der Waals surface area contributed by atoms with Crippen molar-refractivity contribution in [1.82, 2.24) is 0 Å². The molecule has 0 fully saturated rings. The second-order valence-corrected chi connectivity index (χ2v) is 4.07. The van der Waals surface area contributed by atoms with Crippen LogP contribution in [-0.4, -0.2) is 11.6 Å². The van der Waals surface area contributed by atoms with Gasteiger partial charge in [0, 0.05) is 6.42 Å². The Hall–Kier alpha value is -1.44. The van der Waals surface area contributed by atoms with Gasteiger partial charge in [0.05, 0.1) is 5.92 Å². The van der Waals surface area contributed by atoms with E-state index in [1.165, 1.54) is 6.92 Å². The molecule has 1 rings (SSSR count). The maximum Gasteiger partial charge on any atom is 0.143 e. The summed E-state index contributed by atoms with van der Waals surface area (Å²) in [5, 5.41) is 0. The highest BCUT2D eigenvalue weighted by Gasteiger charge is 2.22. The van der Waals surface area contributed by atoms with Crippen molar-refractivity contribution in [2.75, 3.05) is 0 Å². The molecule has 0 amide bonds. The first-order chi connectivity index (χ1) is 7.65. The first-order valence-corrected chi connectivity index (χ1v) is 5.72. The third-order valence-corrected chi connectivity index (χ3v) is 2.66. The first kappa shape index (κ1) is 12.6. The number of hydrogen-bond acceptors (Lipinski definition) is 2. The molecule has 0 bridgehead atoms. The maximum atomic E-state index is 11.8. The highest BCUT2D eigenvalue weighted by molar-refractivity contribution is 6.01. The van der Waals surface area contributed by atoms with Crippen molar-refractivity contribution in [1.29, 1.82) is 0 Å². The predicted octanol–water partition coefficient (Wildman–Crippen LogP) is 2.80. The summed E-state index contributed by atoms with van der Waals surface area (Å²) in [6.07, 6.45) is 1.84. The van der Waals surface area contributed by atoms with Crippen LogP contribution in [0.3, 0.4) is 0 Å². The van der Waals surface area contributed by atoms with E-state index in [0.717, 1.165) is 12.0 Å². The molecule has 0 aliphatic rings. The lowest BCUT2D eigenvalue weighted by Gasteiger charge is -2.12. The molecule has 1 atom stereocenters. The smallest absolute Gasteiger partial charge is 0.143 e. The molecule has 16 heavy (non-hydrogen) atoms. The average molecular weight is 218 g/mol. The summed E-state index contributed by atoms with van der Waals surface area (Å²) in [7, 11) is 0. The lowest BCUT2D eigenvalue weighted by molar-refractivity contribution is -0.131. The van der Waals surface area contributed by atoms with Crippen LogP contribution >= 0.6 is 0 Å². The molecule has 0 saturated heterocycles. The van der Waals surface area contributed by atoms with Gasteiger partial charge in [-0.2, -0.15) is 0 Å². The summed E-state index contributed by atoms with van der Waals surface area (Å²) in [6, 6.07) is 9.69. The summed E-state index contributed by atoms with van der Waals surface area (Å²) in [5.74, 6) is -0.413. The van der Waals surface area contributed by atoms with Crippen molar-refractivity contribution < 1.29 is 9.59 Å². The molecule has 0 N–H and O–H groups in total. The summed E-state index contributed by atoms with van der Waals surface area (Å²) >= 11 is 0. The lowest BCUT2D eigenvalue weighted by Crippen LogP contribution is -2.24. The Morgan fingerprint density at radius 3 is 2.31 bits per heavy atom. The Kier molecular flexibility index (Phi) is 4.90. The number of carbonyl (C=O) groups excluding carboxylic acids is 2. The molecule has 0 aromatic heterocycles. The molecule has 0 heterocycles. The molecule has 2 nitrogen and oxygen atoms in total. The Morgan fingerprint density at radius 2 is 1.81 bits per heavy atom. The number of Topliss-reactive ketones (excluding diaryl/α,β-unsaturated/α-hetero) is 2. The van der Waals surface area contributed by atoms with Gasteiger partial charge in [0.2, 0.25) is 0 Å². The van der Waals surface area contributed by atoms with E-state index in [-0.39, 0.29) is 11.6 Å². The zero-order chi connectivity index (χ0) is 12.0. The van der Waals surface area contributed by atoms with E-state index in [0.29, 0.717) is 12.8 Å². The Bertz CT molecular complexity index is 354. The van der Waals surface area contributed by atoms with Crippen molar-refractivity contribution >= 4 is 11.6 Å². The van der Waals surface area contributed by atoms with Gasteiger partial charge >= 0.3 is 0 Å². The normalized spacial score (nSPS) is 12.1. The minimum Gasteiger partial charge on any atom is -0.299 e. The number of carbonyl (C=O) groups is 2. The van der Waals surface area contributed by atoms with Crippen molar-refractivity contribution in [3.63, 3.8) is 0 Å². The zero-order valence-electron chi connectivity index (χ0n) is 9.90. The van der Waals surface area contributed by atoms with Crippen molar-refractivity contribution in [3.8, 4) is 0 Å². The largest absolute Gasteiger partial charge is 0.299 e. The van der Waals surface area contributed by atoms with Gasteiger partial charge in [0.25, 0.3) is 0 Å². The minimum absolute atomic E-state index is 0.0256. The Balaban J connectivity index is 2.73. The van der Waals surface area contributed by atoms with Gasteiger partial charge in [-0.05, 0) is 25.3 Å². The number of rotatable bonds is 6. The third kappa shape index (κ3) is 3.61. The van der Waals surface area contributed by atoms with E-state index in [1.54, 1.807) is 0 Å². The van der Waals surface area contributed by atoms with E-state index < -0.39 is 5.92 Å². The highest BCUT2D eigenvalue weighted by Crippen LogP contribution is 2.13.